The molecule has 1 aromatic heterocycles. The molecule has 170 valence electrons. The highest BCUT2D eigenvalue weighted by Gasteiger charge is 2.39. The predicted molar refractivity (Wildman–Crippen MR) is 111 cm³/mol. The fourth-order valence-corrected chi connectivity index (χ4v) is 4.68. The number of hydrogen-bond acceptors (Lipinski definition) is 5. The molecule has 0 spiro atoms. The third-order valence-electron chi connectivity index (χ3n) is 5.16. The van der Waals surface area contributed by atoms with Crippen molar-refractivity contribution in [3.8, 4) is 11.9 Å². The molecule has 1 aliphatic heterocycles. The van der Waals surface area contributed by atoms with E-state index < -0.39 is 39.5 Å². The second-order valence-corrected chi connectivity index (χ2v) is 9.32. The van der Waals surface area contributed by atoms with Gasteiger partial charge in [-0.3, -0.25) is 4.90 Å². The number of carbonyl (C=O) groups is 1. The van der Waals surface area contributed by atoms with E-state index in [4.69, 9.17) is 5.26 Å². The molecule has 0 saturated heterocycles. The van der Waals surface area contributed by atoms with Crippen molar-refractivity contribution in [3.63, 3.8) is 0 Å². The molecule has 12 heteroatoms. The van der Waals surface area contributed by atoms with Gasteiger partial charge in [-0.2, -0.15) is 18.4 Å². The SMILES string of the molecule is CS(=O)(=O)c1cc(C#N)ccc1C1NC(=O)N(c2cccc(C(F)(F)F)c2)c2c[nH]c(O)c21. The fraction of sp³-hybridized carbons (Fsp3) is 0.143. The number of halogens is 3. The van der Waals surface area contributed by atoms with Crippen molar-refractivity contribution in [2.24, 2.45) is 0 Å². The lowest BCUT2D eigenvalue weighted by Gasteiger charge is -2.34. The van der Waals surface area contributed by atoms with Gasteiger partial charge in [0.2, 0.25) is 0 Å². The van der Waals surface area contributed by atoms with Crippen LogP contribution in [-0.4, -0.2) is 30.8 Å². The summed E-state index contributed by atoms with van der Waals surface area (Å²) in [6.07, 6.45) is -2.47. The third-order valence-corrected chi connectivity index (χ3v) is 6.31. The number of nitrogens with zero attached hydrogens (tertiary/aromatic N) is 2. The first kappa shape index (κ1) is 22.2. The number of amides is 2. The van der Waals surface area contributed by atoms with E-state index in [1.165, 1.54) is 24.4 Å². The molecular formula is C21H15F3N4O4S. The fourth-order valence-electron chi connectivity index (χ4n) is 3.73. The van der Waals surface area contributed by atoms with Crippen LogP contribution in [0.2, 0.25) is 0 Å². The Labute approximate surface area is 185 Å². The average Bonchev–Trinajstić information content (AvgIpc) is 3.13. The Bertz CT molecular complexity index is 1420. The molecule has 0 aliphatic carbocycles. The number of benzene rings is 2. The first-order chi connectivity index (χ1) is 15.4. The van der Waals surface area contributed by atoms with Crippen LogP contribution in [0.25, 0.3) is 0 Å². The number of rotatable bonds is 3. The van der Waals surface area contributed by atoms with E-state index in [1.807, 2.05) is 6.07 Å². The summed E-state index contributed by atoms with van der Waals surface area (Å²) in [4.78, 5) is 16.3. The molecule has 1 unspecified atom stereocenters. The molecule has 2 amide bonds. The van der Waals surface area contributed by atoms with Crippen molar-refractivity contribution in [1.82, 2.24) is 10.3 Å². The molecule has 3 N–H and O–H groups in total. The minimum absolute atomic E-state index is 0.0457. The van der Waals surface area contributed by atoms with E-state index in [9.17, 15) is 31.5 Å². The maximum Gasteiger partial charge on any atom is 0.416 e. The summed E-state index contributed by atoms with van der Waals surface area (Å²) in [6, 6.07) is 7.80. The number of hydrogen-bond donors (Lipinski definition) is 3. The lowest BCUT2D eigenvalue weighted by atomic mass is 9.96. The largest absolute Gasteiger partial charge is 0.494 e. The number of nitriles is 1. The zero-order chi connectivity index (χ0) is 24.1. The number of alkyl halides is 3. The summed E-state index contributed by atoms with van der Waals surface area (Å²) in [5.74, 6) is -0.407. The lowest BCUT2D eigenvalue weighted by molar-refractivity contribution is -0.137. The van der Waals surface area contributed by atoms with Gasteiger partial charge >= 0.3 is 12.2 Å². The molecule has 1 aliphatic rings. The normalized spacial score (nSPS) is 16.2. The predicted octanol–water partition coefficient (Wildman–Crippen LogP) is 3.96. The lowest BCUT2D eigenvalue weighted by Crippen LogP contribution is -2.44. The van der Waals surface area contributed by atoms with Crippen molar-refractivity contribution in [2.45, 2.75) is 17.1 Å². The topological polar surface area (TPSA) is 126 Å². The van der Waals surface area contributed by atoms with Gasteiger partial charge < -0.3 is 15.4 Å². The summed E-state index contributed by atoms with van der Waals surface area (Å²) in [6.45, 7) is 0. The van der Waals surface area contributed by atoms with Gasteiger partial charge in [-0.25, -0.2) is 13.2 Å². The standard InChI is InChI=1S/C21H15F3N4O4S/c1-33(31,32)16-7-11(9-25)5-6-14(16)18-17-15(10-26-19(17)29)28(20(30)27-18)13-4-2-3-12(8-13)21(22,23)24/h2-8,10,18,26,29H,1H3,(H,27,30). The highest BCUT2D eigenvalue weighted by atomic mass is 32.2. The second-order valence-electron chi connectivity index (χ2n) is 7.34. The first-order valence-electron chi connectivity index (χ1n) is 9.34. The quantitative estimate of drug-likeness (QED) is 0.527. The number of urea groups is 1. The minimum Gasteiger partial charge on any atom is -0.494 e. The van der Waals surface area contributed by atoms with Gasteiger partial charge in [0.25, 0.3) is 0 Å². The van der Waals surface area contributed by atoms with Crippen molar-refractivity contribution in [3.05, 3.63) is 70.9 Å². The third kappa shape index (κ3) is 3.87. The van der Waals surface area contributed by atoms with Crippen LogP contribution in [0, 0.1) is 11.3 Å². The van der Waals surface area contributed by atoms with Crippen molar-refractivity contribution >= 4 is 27.2 Å². The van der Waals surface area contributed by atoms with E-state index in [0.29, 0.717) is 0 Å². The number of carbonyl (C=O) groups excluding carboxylic acids is 1. The van der Waals surface area contributed by atoms with Crippen LogP contribution in [0.4, 0.5) is 29.3 Å². The highest BCUT2D eigenvalue weighted by Crippen LogP contribution is 2.45. The number of nitrogens with one attached hydrogen (secondary N) is 2. The highest BCUT2D eigenvalue weighted by molar-refractivity contribution is 7.90. The van der Waals surface area contributed by atoms with E-state index in [2.05, 4.69) is 10.3 Å². The van der Waals surface area contributed by atoms with Crippen molar-refractivity contribution in [2.75, 3.05) is 11.2 Å². The Morgan fingerprint density at radius 1 is 1.18 bits per heavy atom. The molecule has 2 heterocycles. The van der Waals surface area contributed by atoms with E-state index in [-0.39, 0.29) is 33.0 Å². The summed E-state index contributed by atoms with van der Waals surface area (Å²) < 4.78 is 64.3. The van der Waals surface area contributed by atoms with Crippen LogP contribution >= 0.6 is 0 Å². The number of sulfone groups is 1. The number of fused-ring (bicyclic) bond motifs is 1. The Balaban J connectivity index is 1.89. The Kier molecular flexibility index (Phi) is 5.09. The number of H-pyrrole nitrogens is 1. The molecule has 8 nitrogen and oxygen atoms in total. The maximum atomic E-state index is 13.2. The van der Waals surface area contributed by atoms with Gasteiger partial charge in [0.05, 0.1) is 45.1 Å². The van der Waals surface area contributed by atoms with Crippen molar-refractivity contribution in [1.29, 1.82) is 5.26 Å². The van der Waals surface area contributed by atoms with E-state index in [0.717, 1.165) is 35.4 Å². The number of anilines is 2. The van der Waals surface area contributed by atoms with Gasteiger partial charge in [0.15, 0.2) is 15.7 Å². The van der Waals surface area contributed by atoms with E-state index >= 15 is 0 Å². The molecule has 1 atom stereocenters. The second kappa shape index (κ2) is 7.56. The Morgan fingerprint density at radius 2 is 1.91 bits per heavy atom. The zero-order valence-corrected chi connectivity index (χ0v) is 17.6. The molecule has 0 saturated carbocycles. The zero-order valence-electron chi connectivity index (χ0n) is 16.8. The summed E-state index contributed by atoms with van der Waals surface area (Å²) in [5, 5.41) is 22.1. The van der Waals surface area contributed by atoms with Gasteiger partial charge in [-0.05, 0) is 35.9 Å². The van der Waals surface area contributed by atoms with Gasteiger partial charge in [-0.1, -0.05) is 12.1 Å². The van der Waals surface area contributed by atoms with Crippen LogP contribution < -0.4 is 10.2 Å². The number of aromatic amines is 1. The smallest absolute Gasteiger partial charge is 0.416 e. The molecule has 3 aromatic rings. The summed E-state index contributed by atoms with van der Waals surface area (Å²) >= 11 is 0. The van der Waals surface area contributed by atoms with Crippen LogP contribution in [0.1, 0.15) is 28.3 Å². The summed E-state index contributed by atoms with van der Waals surface area (Å²) in [5.41, 5.74) is -0.812. The molecule has 0 radical (unpaired) electrons. The average molecular weight is 476 g/mol. The van der Waals surface area contributed by atoms with Gasteiger partial charge in [0.1, 0.15) is 0 Å². The van der Waals surface area contributed by atoms with Crippen LogP contribution in [0.15, 0.2) is 53.6 Å². The molecule has 2 aromatic carbocycles. The van der Waals surface area contributed by atoms with Gasteiger partial charge in [0, 0.05) is 12.5 Å². The van der Waals surface area contributed by atoms with Crippen LogP contribution in [0.3, 0.4) is 0 Å². The Morgan fingerprint density at radius 3 is 2.55 bits per heavy atom. The van der Waals surface area contributed by atoms with Crippen LogP contribution in [-0.2, 0) is 16.0 Å². The summed E-state index contributed by atoms with van der Waals surface area (Å²) in [7, 11) is -3.85. The number of aromatic nitrogens is 1. The maximum absolute atomic E-state index is 13.2. The molecule has 0 bridgehead atoms. The Hall–Kier alpha value is -3.98. The van der Waals surface area contributed by atoms with Crippen molar-refractivity contribution < 1.29 is 31.5 Å². The number of aromatic hydroxyl groups is 1. The molecule has 33 heavy (non-hydrogen) atoms. The minimum atomic E-state index is -4.64. The molecule has 4 rings (SSSR count). The molecule has 0 fully saturated rings. The van der Waals surface area contributed by atoms with Gasteiger partial charge in [-0.15, -0.1) is 0 Å². The van der Waals surface area contributed by atoms with E-state index in [1.54, 1.807) is 0 Å². The first-order valence-corrected chi connectivity index (χ1v) is 11.2. The monoisotopic (exact) mass is 476 g/mol. The van der Waals surface area contributed by atoms with Crippen LogP contribution in [0.5, 0.6) is 5.88 Å². The molecular weight excluding hydrogens is 461 g/mol.